The summed E-state index contributed by atoms with van der Waals surface area (Å²) in [6, 6.07) is 29.0. The molecule has 148 valence electrons. The van der Waals surface area contributed by atoms with Crippen molar-refractivity contribution in [3.8, 4) is 5.69 Å². The molecule has 0 atom stereocenters. The first-order chi connectivity index (χ1) is 14.8. The van der Waals surface area contributed by atoms with Crippen LogP contribution in [0.3, 0.4) is 0 Å². The van der Waals surface area contributed by atoms with Crippen LogP contribution >= 0.6 is 0 Å². The number of aliphatic imine (C=N–C) groups is 1. The molecule has 0 unspecified atom stereocenters. The molecule has 0 bridgehead atoms. The van der Waals surface area contributed by atoms with Crippen molar-refractivity contribution in [1.82, 2.24) is 14.5 Å². The first-order valence-electron chi connectivity index (χ1n) is 10.1. The number of hydrogen-bond donors (Lipinski definition) is 0. The maximum Gasteiger partial charge on any atom is 0.149 e. The zero-order valence-corrected chi connectivity index (χ0v) is 16.9. The van der Waals surface area contributed by atoms with Gasteiger partial charge in [-0.2, -0.15) is 0 Å². The van der Waals surface area contributed by atoms with E-state index in [9.17, 15) is 0 Å². The Balaban J connectivity index is 1.62. The minimum atomic E-state index is 0.819. The number of amidine groups is 1. The smallest absolute Gasteiger partial charge is 0.149 e. The van der Waals surface area contributed by atoms with Gasteiger partial charge in [0.2, 0.25) is 0 Å². The summed E-state index contributed by atoms with van der Waals surface area (Å²) in [5.74, 6) is 1.82. The summed E-state index contributed by atoms with van der Waals surface area (Å²) in [6.45, 7) is 1.75. The van der Waals surface area contributed by atoms with Gasteiger partial charge in [0.05, 0.1) is 6.54 Å². The Bertz CT molecular complexity index is 1170. The number of rotatable bonds is 5. The molecule has 1 aliphatic heterocycles. The molecule has 0 amide bonds. The van der Waals surface area contributed by atoms with E-state index in [4.69, 9.17) is 4.98 Å². The highest BCUT2D eigenvalue weighted by molar-refractivity contribution is 5.98. The van der Waals surface area contributed by atoms with Crippen LogP contribution in [0.5, 0.6) is 0 Å². The van der Waals surface area contributed by atoms with Crippen LogP contribution in [0.4, 0.5) is 17.2 Å². The molecule has 4 aromatic rings. The molecule has 30 heavy (non-hydrogen) atoms. The molecule has 2 aromatic carbocycles. The highest BCUT2D eigenvalue weighted by Crippen LogP contribution is 2.34. The summed E-state index contributed by atoms with van der Waals surface area (Å²) in [6.07, 6.45) is 4.11. The molecule has 0 radical (unpaired) electrons. The lowest BCUT2D eigenvalue weighted by Crippen LogP contribution is -2.25. The average molecular weight is 393 g/mol. The van der Waals surface area contributed by atoms with E-state index in [1.54, 1.807) is 0 Å². The normalized spacial score (nSPS) is 13.4. The highest BCUT2D eigenvalue weighted by Gasteiger charge is 2.19. The van der Waals surface area contributed by atoms with Gasteiger partial charge in [0.25, 0.3) is 0 Å². The minimum absolute atomic E-state index is 0.819. The molecule has 0 fully saturated rings. The monoisotopic (exact) mass is 393 g/mol. The van der Waals surface area contributed by atoms with Gasteiger partial charge in [0.15, 0.2) is 0 Å². The zero-order valence-electron chi connectivity index (χ0n) is 16.9. The molecule has 0 saturated heterocycles. The predicted octanol–water partition coefficient (Wildman–Crippen LogP) is 5.03. The predicted molar refractivity (Wildman–Crippen MR) is 122 cm³/mol. The molecule has 0 saturated carbocycles. The van der Waals surface area contributed by atoms with Gasteiger partial charge in [0.1, 0.15) is 17.3 Å². The van der Waals surface area contributed by atoms with Crippen LogP contribution in [0.2, 0.25) is 0 Å². The molecule has 5 rings (SSSR count). The molecular formula is C25H23N5. The first kappa shape index (κ1) is 18.2. The van der Waals surface area contributed by atoms with Gasteiger partial charge in [-0.25, -0.2) is 4.98 Å². The Morgan fingerprint density at radius 1 is 0.800 bits per heavy atom. The molecule has 0 aliphatic carbocycles. The fourth-order valence-corrected chi connectivity index (χ4v) is 3.77. The highest BCUT2D eigenvalue weighted by atomic mass is 15.2. The number of pyridine rings is 1. The van der Waals surface area contributed by atoms with E-state index in [2.05, 4.69) is 93.4 Å². The molecule has 0 N–H and O–H groups in total. The third kappa shape index (κ3) is 3.46. The van der Waals surface area contributed by atoms with Crippen molar-refractivity contribution >= 4 is 23.0 Å². The van der Waals surface area contributed by atoms with Crippen LogP contribution in [0, 0.1) is 0 Å². The number of likely N-dealkylation sites (N-methyl/N-ethyl adjacent to an activating group) is 1. The van der Waals surface area contributed by atoms with Crippen LogP contribution in [-0.2, 0) is 0 Å². The number of hydrogen-bond acceptors (Lipinski definition) is 4. The third-order valence-corrected chi connectivity index (χ3v) is 5.26. The van der Waals surface area contributed by atoms with E-state index in [1.807, 2.05) is 30.3 Å². The lowest BCUT2D eigenvalue weighted by molar-refractivity contribution is 0.555. The zero-order chi connectivity index (χ0) is 20.3. The molecule has 1 aliphatic rings. The summed E-state index contributed by atoms with van der Waals surface area (Å²) in [4.78, 5) is 14.0. The summed E-state index contributed by atoms with van der Waals surface area (Å²) >= 11 is 0. The van der Waals surface area contributed by atoms with Crippen LogP contribution in [0.15, 0.2) is 102 Å². The summed E-state index contributed by atoms with van der Waals surface area (Å²) in [7, 11) is 2.07. The van der Waals surface area contributed by atoms with E-state index in [0.29, 0.717) is 0 Å². The summed E-state index contributed by atoms with van der Waals surface area (Å²) < 4.78 is 2.11. The van der Waals surface area contributed by atoms with Crippen LogP contribution in [-0.4, -0.2) is 40.4 Å². The maximum absolute atomic E-state index is 5.00. The Hall–Kier alpha value is -3.86. The van der Waals surface area contributed by atoms with E-state index in [1.165, 1.54) is 0 Å². The SMILES string of the molecule is CN1CCN=C1c1cccc(N(c2ccccc2)c2cccc(-n3cccc3)c2)n1. The molecule has 0 spiro atoms. The molecule has 5 nitrogen and oxygen atoms in total. The Labute approximate surface area is 176 Å². The number of nitrogens with zero attached hydrogens (tertiary/aromatic N) is 5. The van der Waals surface area contributed by atoms with Crippen molar-refractivity contribution in [2.45, 2.75) is 0 Å². The van der Waals surface area contributed by atoms with Gasteiger partial charge < -0.3 is 9.47 Å². The van der Waals surface area contributed by atoms with Gasteiger partial charge in [-0.3, -0.25) is 9.89 Å². The molecule has 5 heteroatoms. The standard InChI is InChI=1S/C25H23N5/c1-28-18-15-26-25(28)23-13-8-14-24(27-23)30(20-9-3-2-4-10-20)22-12-7-11-21(19-22)29-16-5-6-17-29/h2-14,16-17,19H,15,18H2,1H3. The molecule has 3 heterocycles. The number of para-hydroxylation sites is 1. The van der Waals surface area contributed by atoms with E-state index >= 15 is 0 Å². The fourth-order valence-electron chi connectivity index (χ4n) is 3.77. The second-order valence-electron chi connectivity index (χ2n) is 7.29. The van der Waals surface area contributed by atoms with E-state index in [0.717, 1.165) is 47.5 Å². The summed E-state index contributed by atoms with van der Waals surface area (Å²) in [5.41, 5.74) is 4.12. The van der Waals surface area contributed by atoms with Crippen LogP contribution < -0.4 is 4.90 Å². The van der Waals surface area contributed by atoms with Crippen LogP contribution in [0.25, 0.3) is 5.69 Å². The summed E-state index contributed by atoms with van der Waals surface area (Å²) in [5, 5.41) is 0. The average Bonchev–Trinajstić information content (AvgIpc) is 3.47. The van der Waals surface area contributed by atoms with E-state index < -0.39 is 0 Å². The van der Waals surface area contributed by atoms with Gasteiger partial charge in [-0.15, -0.1) is 0 Å². The number of anilines is 3. The second kappa shape index (κ2) is 7.87. The minimum Gasteiger partial charge on any atom is -0.356 e. The maximum atomic E-state index is 5.00. The van der Waals surface area contributed by atoms with Gasteiger partial charge in [-0.1, -0.05) is 30.3 Å². The fraction of sp³-hybridized carbons (Fsp3) is 0.120. The molecular weight excluding hydrogens is 370 g/mol. The lowest BCUT2D eigenvalue weighted by Gasteiger charge is -2.25. The molecule has 2 aromatic heterocycles. The van der Waals surface area contributed by atoms with Crippen molar-refractivity contribution in [2.24, 2.45) is 4.99 Å². The number of aromatic nitrogens is 2. The first-order valence-corrected chi connectivity index (χ1v) is 10.1. The number of benzene rings is 2. The third-order valence-electron chi connectivity index (χ3n) is 5.26. The Morgan fingerprint density at radius 2 is 1.57 bits per heavy atom. The Morgan fingerprint density at radius 3 is 2.33 bits per heavy atom. The second-order valence-corrected chi connectivity index (χ2v) is 7.29. The largest absolute Gasteiger partial charge is 0.356 e. The van der Waals surface area contributed by atoms with Crippen molar-refractivity contribution in [3.63, 3.8) is 0 Å². The topological polar surface area (TPSA) is 36.7 Å². The Kier molecular flexibility index (Phi) is 4.77. The van der Waals surface area contributed by atoms with Crippen molar-refractivity contribution < 1.29 is 0 Å². The van der Waals surface area contributed by atoms with Crippen molar-refractivity contribution in [1.29, 1.82) is 0 Å². The van der Waals surface area contributed by atoms with Gasteiger partial charge in [0, 0.05) is 43.0 Å². The van der Waals surface area contributed by atoms with Gasteiger partial charge >= 0.3 is 0 Å². The van der Waals surface area contributed by atoms with Crippen molar-refractivity contribution in [3.05, 3.63) is 103 Å². The van der Waals surface area contributed by atoms with Crippen molar-refractivity contribution in [2.75, 3.05) is 25.0 Å². The van der Waals surface area contributed by atoms with E-state index in [-0.39, 0.29) is 0 Å². The lowest BCUT2D eigenvalue weighted by atomic mass is 10.2. The quantitative estimate of drug-likeness (QED) is 0.477. The van der Waals surface area contributed by atoms with Gasteiger partial charge in [-0.05, 0) is 54.6 Å². The van der Waals surface area contributed by atoms with Crippen LogP contribution in [0.1, 0.15) is 5.69 Å².